The first-order chi connectivity index (χ1) is 13.9. The Morgan fingerprint density at radius 3 is 2.38 bits per heavy atom. The first kappa shape index (κ1) is 20.5. The normalized spacial score (nSPS) is 11.1. The molecule has 150 valence electrons. The van der Waals surface area contributed by atoms with Gasteiger partial charge in [-0.2, -0.15) is 0 Å². The summed E-state index contributed by atoms with van der Waals surface area (Å²) in [5.74, 6) is -0.406. The molecule has 3 aromatic rings. The first-order valence-corrected chi connectivity index (χ1v) is 10.6. The molecule has 1 amide bonds. The molecule has 1 N–H and O–H groups in total. The van der Waals surface area contributed by atoms with Crippen molar-refractivity contribution >= 4 is 21.6 Å². The van der Waals surface area contributed by atoms with Gasteiger partial charge in [-0.1, -0.05) is 36.4 Å². The molecule has 0 atom stereocenters. The van der Waals surface area contributed by atoms with E-state index in [9.17, 15) is 13.2 Å². The number of aryl methyl sites for hydroxylation is 1. The van der Waals surface area contributed by atoms with Gasteiger partial charge >= 0.3 is 0 Å². The van der Waals surface area contributed by atoms with Crippen molar-refractivity contribution in [2.24, 2.45) is 0 Å². The second-order valence-electron chi connectivity index (χ2n) is 6.64. The molecular weight excluding hydrogens is 386 g/mol. The van der Waals surface area contributed by atoms with E-state index in [1.165, 1.54) is 16.4 Å². The van der Waals surface area contributed by atoms with Gasteiger partial charge < -0.3 is 5.32 Å². The third-order valence-electron chi connectivity index (χ3n) is 4.66. The molecule has 2 aromatic carbocycles. The summed E-state index contributed by atoms with van der Waals surface area (Å²) in [6.45, 7) is 3.66. The second-order valence-corrected chi connectivity index (χ2v) is 8.50. The summed E-state index contributed by atoms with van der Waals surface area (Å²) in [6, 6.07) is 19.0. The van der Waals surface area contributed by atoms with Gasteiger partial charge in [0.2, 0.25) is 5.91 Å². The number of carbonyl (C=O) groups excluding carboxylic acids is 1. The molecule has 0 spiro atoms. The second kappa shape index (κ2) is 8.87. The number of hydrogen-bond donors (Lipinski definition) is 1. The molecule has 3 rings (SSSR count). The molecule has 0 aliphatic rings. The van der Waals surface area contributed by atoms with E-state index in [1.807, 2.05) is 26.0 Å². The number of aromatic nitrogens is 1. The lowest BCUT2D eigenvalue weighted by atomic mass is 10.1. The number of rotatable bonds is 7. The summed E-state index contributed by atoms with van der Waals surface area (Å²) in [6.07, 6.45) is 1.64. The lowest BCUT2D eigenvalue weighted by Crippen LogP contribution is -2.41. The van der Waals surface area contributed by atoms with Gasteiger partial charge in [-0.05, 0) is 55.3 Å². The third-order valence-corrected chi connectivity index (χ3v) is 6.43. The van der Waals surface area contributed by atoms with Crippen LogP contribution in [-0.4, -0.2) is 25.9 Å². The highest BCUT2D eigenvalue weighted by atomic mass is 32.2. The van der Waals surface area contributed by atoms with Crippen LogP contribution in [-0.2, 0) is 21.4 Å². The Morgan fingerprint density at radius 1 is 0.966 bits per heavy atom. The summed E-state index contributed by atoms with van der Waals surface area (Å²) < 4.78 is 27.8. The summed E-state index contributed by atoms with van der Waals surface area (Å²) in [5.41, 5.74) is 2.95. The van der Waals surface area contributed by atoms with Crippen LogP contribution in [0.1, 0.15) is 16.8 Å². The third kappa shape index (κ3) is 4.81. The van der Waals surface area contributed by atoms with Crippen LogP contribution < -0.4 is 9.62 Å². The number of amides is 1. The fourth-order valence-electron chi connectivity index (χ4n) is 2.90. The van der Waals surface area contributed by atoms with Gasteiger partial charge in [0.05, 0.1) is 22.8 Å². The molecule has 0 aliphatic heterocycles. The molecule has 29 heavy (non-hydrogen) atoms. The van der Waals surface area contributed by atoms with E-state index in [4.69, 9.17) is 0 Å². The predicted octanol–water partition coefficient (Wildman–Crippen LogP) is 3.21. The first-order valence-electron chi connectivity index (χ1n) is 9.20. The average Bonchev–Trinajstić information content (AvgIpc) is 2.74. The van der Waals surface area contributed by atoms with Crippen LogP contribution in [0.3, 0.4) is 0 Å². The maximum atomic E-state index is 13.3. The molecule has 0 saturated carbocycles. The molecule has 0 radical (unpaired) electrons. The lowest BCUT2D eigenvalue weighted by Gasteiger charge is -2.26. The van der Waals surface area contributed by atoms with Crippen LogP contribution >= 0.6 is 0 Å². The maximum Gasteiger partial charge on any atom is 0.264 e. The van der Waals surface area contributed by atoms with Crippen molar-refractivity contribution in [1.82, 2.24) is 10.3 Å². The molecule has 0 unspecified atom stereocenters. The van der Waals surface area contributed by atoms with E-state index in [1.54, 1.807) is 48.7 Å². The fourth-order valence-corrected chi connectivity index (χ4v) is 4.40. The molecular formula is C22H23N3O3S. The largest absolute Gasteiger partial charge is 0.349 e. The SMILES string of the molecule is Cc1cccc(N(CC(=O)NCc2ccccn2)S(=O)(=O)c2ccccc2)c1C. The van der Waals surface area contributed by atoms with Crippen LogP contribution in [0.15, 0.2) is 77.8 Å². The Balaban J connectivity index is 1.91. The highest BCUT2D eigenvalue weighted by Gasteiger charge is 2.28. The van der Waals surface area contributed by atoms with Crippen molar-refractivity contribution in [3.63, 3.8) is 0 Å². The van der Waals surface area contributed by atoms with Gasteiger partial charge in [-0.15, -0.1) is 0 Å². The molecule has 0 bridgehead atoms. The number of nitrogens with one attached hydrogen (secondary N) is 1. The Morgan fingerprint density at radius 2 is 1.69 bits per heavy atom. The van der Waals surface area contributed by atoms with Gasteiger partial charge in [0.15, 0.2) is 0 Å². The van der Waals surface area contributed by atoms with Crippen LogP contribution in [0.25, 0.3) is 0 Å². The number of anilines is 1. The quantitative estimate of drug-likeness (QED) is 0.650. The van der Waals surface area contributed by atoms with Crippen molar-refractivity contribution in [1.29, 1.82) is 0 Å². The zero-order valence-corrected chi connectivity index (χ0v) is 17.2. The topological polar surface area (TPSA) is 79.4 Å². The van der Waals surface area contributed by atoms with E-state index in [0.29, 0.717) is 11.4 Å². The van der Waals surface area contributed by atoms with E-state index in [-0.39, 0.29) is 18.0 Å². The molecule has 0 fully saturated rings. The van der Waals surface area contributed by atoms with Gasteiger partial charge in [0.25, 0.3) is 10.0 Å². The number of carbonyl (C=O) groups is 1. The van der Waals surface area contributed by atoms with Crippen molar-refractivity contribution in [2.75, 3.05) is 10.8 Å². The molecule has 1 heterocycles. The van der Waals surface area contributed by atoms with E-state index < -0.39 is 15.9 Å². The minimum atomic E-state index is -3.91. The molecule has 0 saturated heterocycles. The van der Waals surface area contributed by atoms with E-state index in [0.717, 1.165) is 11.1 Å². The summed E-state index contributed by atoms with van der Waals surface area (Å²) in [7, 11) is -3.91. The highest BCUT2D eigenvalue weighted by molar-refractivity contribution is 7.92. The van der Waals surface area contributed by atoms with Crippen LogP contribution in [0.4, 0.5) is 5.69 Å². The number of sulfonamides is 1. The molecule has 7 heteroatoms. The highest BCUT2D eigenvalue weighted by Crippen LogP contribution is 2.28. The molecule has 1 aromatic heterocycles. The minimum absolute atomic E-state index is 0.137. The Hall–Kier alpha value is -3.19. The predicted molar refractivity (Wildman–Crippen MR) is 113 cm³/mol. The van der Waals surface area contributed by atoms with Gasteiger partial charge in [0.1, 0.15) is 6.54 Å². The average molecular weight is 410 g/mol. The van der Waals surface area contributed by atoms with Crippen molar-refractivity contribution in [3.8, 4) is 0 Å². The van der Waals surface area contributed by atoms with Crippen molar-refractivity contribution in [3.05, 3.63) is 89.7 Å². The zero-order valence-electron chi connectivity index (χ0n) is 16.4. The van der Waals surface area contributed by atoms with Crippen molar-refractivity contribution < 1.29 is 13.2 Å². The zero-order chi connectivity index (χ0) is 20.9. The standard InChI is InChI=1S/C22H23N3O3S/c1-17-9-8-13-21(18(17)2)25(29(27,28)20-11-4-3-5-12-20)16-22(26)24-15-19-10-6-7-14-23-19/h3-14H,15-16H2,1-2H3,(H,24,26). The van der Waals surface area contributed by atoms with Crippen LogP contribution in [0.5, 0.6) is 0 Å². The number of pyridine rings is 1. The number of hydrogen-bond acceptors (Lipinski definition) is 4. The van der Waals surface area contributed by atoms with Crippen molar-refractivity contribution in [2.45, 2.75) is 25.3 Å². The number of benzene rings is 2. The Kier molecular flexibility index (Phi) is 6.29. The van der Waals surface area contributed by atoms with Gasteiger partial charge in [0, 0.05) is 6.20 Å². The van der Waals surface area contributed by atoms with Gasteiger partial charge in [-0.3, -0.25) is 14.1 Å². The molecule has 0 aliphatic carbocycles. The van der Waals surface area contributed by atoms with E-state index in [2.05, 4.69) is 10.3 Å². The Labute approximate surface area is 171 Å². The monoisotopic (exact) mass is 409 g/mol. The molecule has 6 nitrogen and oxygen atoms in total. The lowest BCUT2D eigenvalue weighted by molar-refractivity contribution is -0.119. The summed E-state index contributed by atoms with van der Waals surface area (Å²) >= 11 is 0. The Bertz CT molecular complexity index is 1080. The van der Waals surface area contributed by atoms with Gasteiger partial charge in [-0.25, -0.2) is 8.42 Å². The van der Waals surface area contributed by atoms with Crippen LogP contribution in [0, 0.1) is 13.8 Å². The smallest absolute Gasteiger partial charge is 0.264 e. The number of nitrogens with zero attached hydrogens (tertiary/aromatic N) is 2. The van der Waals surface area contributed by atoms with E-state index >= 15 is 0 Å². The summed E-state index contributed by atoms with van der Waals surface area (Å²) in [4.78, 5) is 16.9. The summed E-state index contributed by atoms with van der Waals surface area (Å²) in [5, 5.41) is 2.75. The van der Waals surface area contributed by atoms with Crippen LogP contribution in [0.2, 0.25) is 0 Å². The maximum absolute atomic E-state index is 13.3. The fraction of sp³-hybridized carbons (Fsp3) is 0.182. The minimum Gasteiger partial charge on any atom is -0.349 e.